The van der Waals surface area contributed by atoms with Crippen LogP contribution in [-0.2, 0) is 11.3 Å². The number of rotatable bonds is 4. The van der Waals surface area contributed by atoms with Crippen molar-refractivity contribution in [2.75, 3.05) is 0 Å². The molecule has 6 heteroatoms. The van der Waals surface area contributed by atoms with Gasteiger partial charge in [-0.3, -0.25) is 9.48 Å². The number of phenols is 1. The van der Waals surface area contributed by atoms with Gasteiger partial charge in [-0.25, -0.2) is 5.43 Å². The van der Waals surface area contributed by atoms with Crippen LogP contribution < -0.4 is 5.43 Å². The largest absolute Gasteiger partial charge is 0.507 e. The molecule has 0 saturated heterocycles. The predicted molar refractivity (Wildman–Crippen MR) is 84.9 cm³/mol. The maximum atomic E-state index is 11.9. The van der Waals surface area contributed by atoms with Gasteiger partial charge in [-0.05, 0) is 45.9 Å². The van der Waals surface area contributed by atoms with Crippen LogP contribution in [-0.4, -0.2) is 26.5 Å². The van der Waals surface area contributed by atoms with E-state index in [1.165, 1.54) is 0 Å². The third kappa shape index (κ3) is 3.72. The van der Waals surface area contributed by atoms with Gasteiger partial charge in [-0.2, -0.15) is 10.2 Å². The first-order valence-corrected chi connectivity index (χ1v) is 7.01. The molecule has 0 aliphatic heterocycles. The molecule has 2 N–H and O–H groups in total. The van der Waals surface area contributed by atoms with Crippen LogP contribution in [0.25, 0.3) is 0 Å². The number of benzene rings is 1. The summed E-state index contributed by atoms with van der Waals surface area (Å²) >= 11 is 0. The van der Waals surface area contributed by atoms with E-state index in [1.54, 1.807) is 17.7 Å². The van der Waals surface area contributed by atoms with Crippen molar-refractivity contribution in [2.24, 2.45) is 5.10 Å². The zero-order valence-electron chi connectivity index (χ0n) is 13.2. The SMILES string of the molecule is C/C(=N\NC(=O)Cn1nc(C)cc1C)c1cc(C)ccc1O. The Balaban J connectivity index is 2.05. The Morgan fingerprint density at radius 3 is 2.68 bits per heavy atom. The van der Waals surface area contributed by atoms with E-state index < -0.39 is 0 Å². The standard InChI is InChI=1S/C16H20N4O2/c1-10-5-6-15(21)14(7-10)13(4)17-18-16(22)9-20-12(3)8-11(2)19-20/h5-8,21H,9H2,1-4H3,(H,18,22)/b17-13+. The molecular weight excluding hydrogens is 280 g/mol. The molecule has 1 aromatic carbocycles. The number of amides is 1. The van der Waals surface area contributed by atoms with Crippen LogP contribution in [0.1, 0.15) is 29.4 Å². The summed E-state index contributed by atoms with van der Waals surface area (Å²) < 4.78 is 1.62. The first-order chi connectivity index (χ1) is 10.4. The minimum atomic E-state index is -0.266. The molecule has 116 valence electrons. The maximum absolute atomic E-state index is 11.9. The van der Waals surface area contributed by atoms with Crippen molar-refractivity contribution in [3.05, 3.63) is 46.8 Å². The van der Waals surface area contributed by atoms with Crippen molar-refractivity contribution in [3.8, 4) is 5.75 Å². The zero-order chi connectivity index (χ0) is 16.3. The van der Waals surface area contributed by atoms with Crippen molar-refractivity contribution < 1.29 is 9.90 Å². The van der Waals surface area contributed by atoms with E-state index in [1.807, 2.05) is 39.0 Å². The van der Waals surface area contributed by atoms with E-state index in [-0.39, 0.29) is 18.2 Å². The number of carbonyl (C=O) groups excluding carboxylic acids is 1. The number of aromatic nitrogens is 2. The number of nitrogens with zero attached hydrogens (tertiary/aromatic N) is 3. The normalized spacial score (nSPS) is 11.5. The van der Waals surface area contributed by atoms with Crippen molar-refractivity contribution in [1.29, 1.82) is 0 Å². The number of aromatic hydroxyl groups is 1. The Morgan fingerprint density at radius 1 is 1.32 bits per heavy atom. The molecule has 2 rings (SSSR count). The molecular formula is C16H20N4O2. The molecule has 0 radical (unpaired) electrons. The van der Waals surface area contributed by atoms with Gasteiger partial charge >= 0.3 is 0 Å². The summed E-state index contributed by atoms with van der Waals surface area (Å²) in [7, 11) is 0. The topological polar surface area (TPSA) is 79.5 Å². The number of hydrogen-bond acceptors (Lipinski definition) is 4. The molecule has 0 fully saturated rings. The van der Waals surface area contributed by atoms with Crippen LogP contribution in [0.15, 0.2) is 29.4 Å². The van der Waals surface area contributed by atoms with Gasteiger partial charge in [0.2, 0.25) is 0 Å². The average molecular weight is 300 g/mol. The fourth-order valence-electron chi connectivity index (χ4n) is 2.15. The summed E-state index contributed by atoms with van der Waals surface area (Å²) in [6.07, 6.45) is 0. The summed E-state index contributed by atoms with van der Waals surface area (Å²) in [6.45, 7) is 7.54. The fourth-order valence-corrected chi connectivity index (χ4v) is 2.15. The minimum Gasteiger partial charge on any atom is -0.507 e. The van der Waals surface area contributed by atoms with Crippen molar-refractivity contribution >= 4 is 11.6 Å². The summed E-state index contributed by atoms with van der Waals surface area (Å²) in [4.78, 5) is 11.9. The third-order valence-electron chi connectivity index (χ3n) is 3.29. The van der Waals surface area contributed by atoms with Crippen LogP contribution >= 0.6 is 0 Å². The van der Waals surface area contributed by atoms with Gasteiger partial charge in [0, 0.05) is 11.3 Å². The van der Waals surface area contributed by atoms with E-state index in [9.17, 15) is 9.90 Å². The number of hydrogen-bond donors (Lipinski definition) is 2. The first-order valence-electron chi connectivity index (χ1n) is 7.01. The van der Waals surface area contributed by atoms with Gasteiger partial charge < -0.3 is 5.11 Å². The molecule has 6 nitrogen and oxygen atoms in total. The number of hydrazone groups is 1. The molecule has 0 saturated carbocycles. The highest BCUT2D eigenvalue weighted by Crippen LogP contribution is 2.18. The molecule has 0 unspecified atom stereocenters. The Hall–Kier alpha value is -2.63. The van der Waals surface area contributed by atoms with Crippen LogP contribution in [0.5, 0.6) is 5.75 Å². The van der Waals surface area contributed by atoms with E-state index in [2.05, 4.69) is 15.6 Å². The first kappa shape index (κ1) is 15.8. The smallest absolute Gasteiger partial charge is 0.261 e. The van der Waals surface area contributed by atoms with Crippen LogP contribution in [0.3, 0.4) is 0 Å². The molecule has 0 aliphatic carbocycles. The van der Waals surface area contributed by atoms with Crippen LogP contribution in [0.4, 0.5) is 0 Å². The minimum absolute atomic E-state index is 0.107. The number of aryl methyl sites for hydroxylation is 3. The summed E-state index contributed by atoms with van der Waals surface area (Å²) in [5.41, 5.74) is 6.44. The Kier molecular flexibility index (Phi) is 4.60. The highest BCUT2D eigenvalue weighted by atomic mass is 16.3. The molecule has 0 aliphatic rings. The van der Waals surface area contributed by atoms with Gasteiger partial charge in [-0.1, -0.05) is 11.6 Å². The quantitative estimate of drug-likeness (QED) is 0.670. The molecule has 0 atom stereocenters. The number of carbonyl (C=O) groups is 1. The Labute approximate surface area is 129 Å². The van der Waals surface area contributed by atoms with E-state index in [0.717, 1.165) is 17.0 Å². The van der Waals surface area contributed by atoms with Gasteiger partial charge in [0.25, 0.3) is 5.91 Å². The number of nitrogens with one attached hydrogen (secondary N) is 1. The lowest BCUT2D eigenvalue weighted by atomic mass is 10.1. The van der Waals surface area contributed by atoms with Crippen molar-refractivity contribution in [1.82, 2.24) is 15.2 Å². The molecule has 0 spiro atoms. The summed E-state index contributed by atoms with van der Waals surface area (Å²) in [6, 6.07) is 7.16. The lowest BCUT2D eigenvalue weighted by Crippen LogP contribution is -2.25. The second kappa shape index (κ2) is 6.43. The predicted octanol–water partition coefficient (Wildman–Crippen LogP) is 2.05. The lowest BCUT2D eigenvalue weighted by Gasteiger charge is -2.07. The molecule has 1 aromatic heterocycles. The Bertz CT molecular complexity index is 732. The number of phenolic OH excluding ortho intramolecular Hbond substituents is 1. The van der Waals surface area contributed by atoms with Crippen molar-refractivity contribution in [2.45, 2.75) is 34.2 Å². The van der Waals surface area contributed by atoms with Gasteiger partial charge in [0.1, 0.15) is 12.3 Å². The maximum Gasteiger partial charge on any atom is 0.261 e. The zero-order valence-corrected chi connectivity index (χ0v) is 13.2. The highest BCUT2D eigenvalue weighted by molar-refractivity contribution is 6.01. The van der Waals surface area contributed by atoms with Gasteiger partial charge in [-0.15, -0.1) is 0 Å². The van der Waals surface area contributed by atoms with Crippen LogP contribution in [0, 0.1) is 20.8 Å². The monoisotopic (exact) mass is 300 g/mol. The lowest BCUT2D eigenvalue weighted by molar-refractivity contribution is -0.121. The van der Waals surface area contributed by atoms with Gasteiger partial charge in [0.05, 0.1) is 11.4 Å². The second-order valence-electron chi connectivity index (χ2n) is 5.34. The summed E-state index contributed by atoms with van der Waals surface area (Å²) in [5, 5.41) is 18.1. The van der Waals surface area contributed by atoms with E-state index >= 15 is 0 Å². The molecule has 1 amide bonds. The fraction of sp³-hybridized carbons (Fsp3) is 0.312. The summed E-state index contributed by atoms with van der Waals surface area (Å²) in [5.74, 6) is -0.127. The Morgan fingerprint density at radius 2 is 2.05 bits per heavy atom. The van der Waals surface area contributed by atoms with E-state index in [4.69, 9.17) is 0 Å². The highest BCUT2D eigenvalue weighted by Gasteiger charge is 2.08. The van der Waals surface area contributed by atoms with E-state index in [0.29, 0.717) is 11.3 Å². The third-order valence-corrected chi connectivity index (χ3v) is 3.29. The molecule has 0 bridgehead atoms. The van der Waals surface area contributed by atoms with Crippen LogP contribution in [0.2, 0.25) is 0 Å². The molecule has 1 heterocycles. The second-order valence-corrected chi connectivity index (χ2v) is 5.34. The van der Waals surface area contributed by atoms with Crippen molar-refractivity contribution in [3.63, 3.8) is 0 Å². The van der Waals surface area contributed by atoms with Gasteiger partial charge in [0.15, 0.2) is 0 Å². The molecule has 22 heavy (non-hydrogen) atoms. The molecule has 2 aromatic rings. The average Bonchev–Trinajstić information content (AvgIpc) is 2.77.